The lowest BCUT2D eigenvalue weighted by Crippen LogP contribution is -2.35. The number of halogens is 1. The van der Waals surface area contributed by atoms with Crippen molar-refractivity contribution in [2.45, 2.75) is 13.0 Å². The molecule has 1 saturated heterocycles. The fourth-order valence-corrected chi connectivity index (χ4v) is 3.07. The van der Waals surface area contributed by atoms with Crippen LogP contribution in [0.25, 0.3) is 10.9 Å². The smallest absolute Gasteiger partial charge is 0.225 e. The number of hydrogen-bond donors (Lipinski definition) is 2. The minimum Gasteiger partial charge on any atom is -0.357 e. The first kappa shape index (κ1) is 17.4. The quantitative estimate of drug-likeness (QED) is 0.829. The average Bonchev–Trinajstić information content (AvgIpc) is 3.13. The highest BCUT2D eigenvalue weighted by Crippen LogP contribution is 2.19. The molecule has 0 saturated carbocycles. The second-order valence-corrected chi connectivity index (χ2v) is 6.79. The number of H-pyrrole nitrogens is 1. The van der Waals surface area contributed by atoms with Crippen LogP contribution < -0.4 is 5.32 Å². The van der Waals surface area contributed by atoms with Crippen molar-refractivity contribution in [1.29, 1.82) is 0 Å². The van der Waals surface area contributed by atoms with Crippen molar-refractivity contribution in [2.75, 3.05) is 33.7 Å². The number of nitrogens with zero attached hydrogens (tertiary/aromatic N) is 2. The summed E-state index contributed by atoms with van der Waals surface area (Å²) in [4.78, 5) is 31.3. The van der Waals surface area contributed by atoms with Gasteiger partial charge in [-0.25, -0.2) is 4.39 Å². The summed E-state index contributed by atoms with van der Waals surface area (Å²) in [6.45, 7) is 2.23. The Morgan fingerprint density at radius 2 is 2.20 bits per heavy atom. The van der Waals surface area contributed by atoms with Crippen LogP contribution in [0.1, 0.15) is 12.1 Å². The minimum atomic E-state index is -0.309. The number of aromatic amines is 1. The fraction of sp³-hybridized carbons (Fsp3) is 0.444. The van der Waals surface area contributed by atoms with Crippen LogP contribution in [-0.2, 0) is 16.1 Å². The first-order valence-corrected chi connectivity index (χ1v) is 8.40. The summed E-state index contributed by atoms with van der Waals surface area (Å²) in [5, 5.41) is 3.64. The second kappa shape index (κ2) is 7.23. The Hall–Kier alpha value is -2.41. The topological polar surface area (TPSA) is 68.4 Å². The molecule has 1 unspecified atom stereocenters. The van der Waals surface area contributed by atoms with Gasteiger partial charge in [-0.1, -0.05) is 0 Å². The first-order valence-electron chi connectivity index (χ1n) is 8.40. The van der Waals surface area contributed by atoms with Crippen molar-refractivity contribution in [3.8, 4) is 0 Å². The van der Waals surface area contributed by atoms with E-state index in [0.29, 0.717) is 19.6 Å². The van der Waals surface area contributed by atoms with Crippen LogP contribution >= 0.6 is 0 Å². The number of carbonyl (C=O) groups is 2. The lowest BCUT2D eigenvalue weighted by atomic mass is 10.1. The number of fused-ring (bicyclic) bond motifs is 1. The van der Waals surface area contributed by atoms with Crippen molar-refractivity contribution in [3.63, 3.8) is 0 Å². The molecule has 0 aliphatic carbocycles. The number of rotatable bonds is 6. The van der Waals surface area contributed by atoms with Crippen LogP contribution in [0.5, 0.6) is 0 Å². The molecule has 1 aliphatic rings. The molecule has 7 heteroatoms. The SMILES string of the molecule is CN(C)CCN1CC(C(=O)NCc2cc3cc(F)ccc3[nH]2)CC1=O. The maximum atomic E-state index is 13.2. The highest BCUT2D eigenvalue weighted by atomic mass is 19.1. The van der Waals surface area contributed by atoms with Crippen LogP contribution in [0.2, 0.25) is 0 Å². The molecular weight excluding hydrogens is 323 g/mol. The molecule has 1 aromatic heterocycles. The summed E-state index contributed by atoms with van der Waals surface area (Å²) >= 11 is 0. The highest BCUT2D eigenvalue weighted by Gasteiger charge is 2.33. The molecule has 3 rings (SSSR count). The standard InChI is InChI=1S/C18H23FN4O2/c1-22(2)5-6-23-11-13(9-17(23)24)18(25)20-10-15-8-12-7-14(19)3-4-16(12)21-15/h3-4,7-8,13,21H,5-6,9-11H2,1-2H3,(H,20,25). The minimum absolute atomic E-state index is 0.0306. The van der Waals surface area contributed by atoms with E-state index in [-0.39, 0.29) is 30.0 Å². The molecule has 134 valence electrons. The summed E-state index contributed by atoms with van der Waals surface area (Å²) in [6.07, 6.45) is 0.261. The number of amides is 2. The summed E-state index contributed by atoms with van der Waals surface area (Å²) in [7, 11) is 3.91. The lowest BCUT2D eigenvalue weighted by Gasteiger charge is -2.19. The van der Waals surface area contributed by atoms with Gasteiger partial charge in [-0.3, -0.25) is 9.59 Å². The third-order valence-electron chi connectivity index (χ3n) is 4.49. The lowest BCUT2D eigenvalue weighted by molar-refractivity contribution is -0.129. The van der Waals surface area contributed by atoms with E-state index >= 15 is 0 Å². The molecular formula is C18H23FN4O2. The van der Waals surface area contributed by atoms with E-state index in [1.54, 1.807) is 11.0 Å². The molecule has 2 heterocycles. The van der Waals surface area contributed by atoms with Gasteiger partial charge in [-0.05, 0) is 38.4 Å². The van der Waals surface area contributed by atoms with Gasteiger partial charge in [0, 0.05) is 42.7 Å². The van der Waals surface area contributed by atoms with Gasteiger partial charge >= 0.3 is 0 Å². The largest absolute Gasteiger partial charge is 0.357 e. The van der Waals surface area contributed by atoms with E-state index < -0.39 is 0 Å². The maximum absolute atomic E-state index is 13.2. The molecule has 6 nitrogen and oxygen atoms in total. The number of aromatic nitrogens is 1. The molecule has 0 bridgehead atoms. The van der Waals surface area contributed by atoms with Gasteiger partial charge in [0.05, 0.1) is 12.5 Å². The summed E-state index contributed by atoms with van der Waals surface area (Å²) < 4.78 is 13.2. The van der Waals surface area contributed by atoms with E-state index in [4.69, 9.17) is 0 Å². The Morgan fingerprint density at radius 1 is 1.40 bits per heavy atom. The van der Waals surface area contributed by atoms with E-state index in [1.807, 2.05) is 25.1 Å². The summed E-state index contributed by atoms with van der Waals surface area (Å²) in [6, 6.07) is 6.35. The van der Waals surface area contributed by atoms with Gasteiger partial charge in [0.25, 0.3) is 0 Å². The number of nitrogens with one attached hydrogen (secondary N) is 2. The van der Waals surface area contributed by atoms with Crippen LogP contribution in [0.4, 0.5) is 4.39 Å². The van der Waals surface area contributed by atoms with Crippen molar-refractivity contribution < 1.29 is 14.0 Å². The molecule has 1 aliphatic heterocycles. The third kappa shape index (κ3) is 4.17. The van der Waals surface area contributed by atoms with Crippen molar-refractivity contribution >= 4 is 22.7 Å². The number of hydrogen-bond acceptors (Lipinski definition) is 3. The van der Waals surface area contributed by atoms with E-state index in [9.17, 15) is 14.0 Å². The molecule has 1 fully saturated rings. The number of likely N-dealkylation sites (N-methyl/N-ethyl adjacent to an activating group) is 1. The Labute approximate surface area is 146 Å². The molecule has 1 aromatic carbocycles. The van der Waals surface area contributed by atoms with Gasteiger partial charge < -0.3 is 20.1 Å². The van der Waals surface area contributed by atoms with Crippen LogP contribution in [0, 0.1) is 11.7 Å². The van der Waals surface area contributed by atoms with Gasteiger partial charge in [0.1, 0.15) is 5.82 Å². The Morgan fingerprint density at radius 3 is 2.96 bits per heavy atom. The Bertz CT molecular complexity index is 786. The second-order valence-electron chi connectivity index (χ2n) is 6.79. The molecule has 0 radical (unpaired) electrons. The normalized spacial score (nSPS) is 17.7. The molecule has 2 amide bonds. The molecule has 2 aromatic rings. The van der Waals surface area contributed by atoms with E-state index in [2.05, 4.69) is 10.3 Å². The van der Waals surface area contributed by atoms with Crippen molar-refractivity contribution in [3.05, 3.63) is 35.8 Å². The zero-order valence-corrected chi connectivity index (χ0v) is 14.5. The molecule has 1 atom stereocenters. The molecule has 0 spiro atoms. The Kier molecular flexibility index (Phi) is 5.03. The highest BCUT2D eigenvalue weighted by molar-refractivity contribution is 5.89. The zero-order chi connectivity index (χ0) is 18.0. The van der Waals surface area contributed by atoms with Crippen LogP contribution in [-0.4, -0.2) is 60.3 Å². The predicted molar refractivity (Wildman–Crippen MR) is 93.3 cm³/mol. The average molecular weight is 346 g/mol. The Balaban J connectivity index is 1.54. The monoisotopic (exact) mass is 346 g/mol. The summed E-state index contributed by atoms with van der Waals surface area (Å²) in [5.41, 5.74) is 1.64. The van der Waals surface area contributed by atoms with Gasteiger partial charge in [-0.15, -0.1) is 0 Å². The van der Waals surface area contributed by atoms with Crippen molar-refractivity contribution in [1.82, 2.24) is 20.1 Å². The molecule has 2 N–H and O–H groups in total. The summed E-state index contributed by atoms with van der Waals surface area (Å²) in [5.74, 6) is -0.686. The van der Waals surface area contributed by atoms with Crippen LogP contribution in [0.15, 0.2) is 24.3 Å². The van der Waals surface area contributed by atoms with Gasteiger partial charge in [0.2, 0.25) is 11.8 Å². The zero-order valence-electron chi connectivity index (χ0n) is 14.5. The maximum Gasteiger partial charge on any atom is 0.225 e. The first-order chi connectivity index (χ1) is 11.9. The van der Waals surface area contributed by atoms with Gasteiger partial charge in [0.15, 0.2) is 0 Å². The fourth-order valence-electron chi connectivity index (χ4n) is 3.07. The van der Waals surface area contributed by atoms with E-state index in [0.717, 1.165) is 23.1 Å². The van der Waals surface area contributed by atoms with Crippen LogP contribution in [0.3, 0.4) is 0 Å². The molecule has 25 heavy (non-hydrogen) atoms. The predicted octanol–water partition coefficient (Wildman–Crippen LogP) is 1.33. The van der Waals surface area contributed by atoms with Gasteiger partial charge in [-0.2, -0.15) is 0 Å². The van der Waals surface area contributed by atoms with E-state index in [1.165, 1.54) is 12.1 Å². The number of carbonyl (C=O) groups excluding carboxylic acids is 2. The number of benzene rings is 1. The third-order valence-corrected chi connectivity index (χ3v) is 4.49. The van der Waals surface area contributed by atoms with Crippen molar-refractivity contribution in [2.24, 2.45) is 5.92 Å². The number of likely N-dealkylation sites (tertiary alicyclic amines) is 1.